The molecule has 0 bridgehead atoms. The monoisotopic (exact) mass is 961 g/mol. The van der Waals surface area contributed by atoms with Crippen LogP contribution in [0.5, 0.6) is 11.5 Å². The molecule has 362 valence electrons. The third-order valence-electron chi connectivity index (χ3n) is 12.9. The van der Waals surface area contributed by atoms with Crippen LogP contribution >= 0.6 is 11.3 Å². The first-order valence-electron chi connectivity index (χ1n) is 23.0. The lowest BCUT2D eigenvalue weighted by Crippen LogP contribution is -2.59. The molecule has 5 N–H and O–H groups in total. The van der Waals surface area contributed by atoms with Gasteiger partial charge in [-0.05, 0) is 68.7 Å². The number of nitrogens with one attached hydrogen (secondary N) is 4. The fourth-order valence-electron chi connectivity index (χ4n) is 8.88. The molecule has 67 heavy (non-hydrogen) atoms. The summed E-state index contributed by atoms with van der Waals surface area (Å²) in [7, 11) is -1.01. The van der Waals surface area contributed by atoms with Gasteiger partial charge in [0.1, 0.15) is 40.9 Å². The lowest BCUT2D eigenvalue weighted by molar-refractivity contribution is -0.145. The van der Waals surface area contributed by atoms with Crippen LogP contribution in [0.15, 0.2) is 59.1 Å². The molecule has 3 aliphatic rings. The normalized spacial score (nSPS) is 23.3. The van der Waals surface area contributed by atoms with Crippen LogP contribution in [0.1, 0.15) is 92.4 Å². The number of aliphatic carboxylic acids is 1. The maximum absolute atomic E-state index is 15.0. The topological polar surface area (TPSA) is 234 Å². The van der Waals surface area contributed by atoms with Gasteiger partial charge in [-0.2, -0.15) is 4.31 Å². The van der Waals surface area contributed by atoms with Crippen molar-refractivity contribution in [1.29, 1.82) is 0 Å². The van der Waals surface area contributed by atoms with Crippen molar-refractivity contribution in [2.75, 3.05) is 32.6 Å². The summed E-state index contributed by atoms with van der Waals surface area (Å²) in [6.07, 6.45) is 5.78. The molecule has 1 aliphatic carbocycles. The standard InChI is InChI=1S/C47H63N9O9S2/c1-28(2)49-45-52-36(27-66-45)35-23-38(32-19-18-30(64-7)21-34(32)50-35)65-31-22-37-41(57)54-47(43(59)60)24-29(47)15-11-9-8-10-12-16-33(42(58)56(37)25-31)51-44(61)53-39(46(3,4)5)26-55(6)67(62,63)40-17-13-14-20-48-40/h13-14,17-21,23,27-29,31,33,37,39H,8-12,15-16,22,24-26H2,1-7H3,(H,49,52)(H,54,57)(H,59,60)(H2,51,53,61)/t29?,31-,33+,37+,39?,47-/m1/s1. The summed E-state index contributed by atoms with van der Waals surface area (Å²) in [5.41, 5.74) is -0.328. The summed E-state index contributed by atoms with van der Waals surface area (Å²) < 4.78 is 40.3. The number of hydrogen-bond donors (Lipinski definition) is 5. The Bertz CT molecular complexity index is 2550. The average Bonchev–Trinajstić information content (AvgIpc) is 3.54. The molecule has 0 spiro atoms. The summed E-state index contributed by atoms with van der Waals surface area (Å²) in [6, 6.07) is 8.37. The number of urea groups is 1. The fourth-order valence-corrected chi connectivity index (χ4v) is 10.8. The van der Waals surface area contributed by atoms with E-state index in [1.165, 1.54) is 35.5 Å². The molecule has 2 saturated heterocycles. The number of rotatable bonds is 13. The summed E-state index contributed by atoms with van der Waals surface area (Å²) in [5.74, 6) is -1.44. The van der Waals surface area contributed by atoms with Crippen molar-refractivity contribution in [3.63, 3.8) is 0 Å². The number of methoxy groups -OCH3 is 1. The highest BCUT2D eigenvalue weighted by atomic mass is 32.2. The van der Waals surface area contributed by atoms with Gasteiger partial charge in [0.15, 0.2) is 10.2 Å². The quantitative estimate of drug-likeness (QED) is 0.103. The molecular formula is C47H63N9O9S2. The Morgan fingerprint density at radius 1 is 1.04 bits per heavy atom. The molecule has 2 unspecified atom stereocenters. The molecule has 6 atom stereocenters. The highest BCUT2D eigenvalue weighted by molar-refractivity contribution is 7.89. The number of benzene rings is 1. The molecule has 7 rings (SSSR count). The molecule has 20 heteroatoms. The molecule has 0 radical (unpaired) electrons. The fraction of sp³-hybridized carbons (Fsp3) is 0.553. The smallest absolute Gasteiger partial charge is 0.329 e. The minimum Gasteiger partial charge on any atom is -0.497 e. The van der Waals surface area contributed by atoms with Gasteiger partial charge in [0, 0.05) is 61.2 Å². The van der Waals surface area contributed by atoms with Crippen molar-refractivity contribution in [2.45, 2.75) is 133 Å². The first-order valence-corrected chi connectivity index (χ1v) is 25.3. The zero-order valence-corrected chi connectivity index (χ0v) is 40.8. The van der Waals surface area contributed by atoms with Gasteiger partial charge in [-0.25, -0.2) is 33.0 Å². The van der Waals surface area contributed by atoms with Gasteiger partial charge in [0.2, 0.25) is 11.8 Å². The Labute approximate surface area is 396 Å². The number of ether oxygens (including phenoxy) is 2. The summed E-state index contributed by atoms with van der Waals surface area (Å²) in [4.78, 5) is 71.4. The average molecular weight is 962 g/mol. The van der Waals surface area contributed by atoms with Gasteiger partial charge in [-0.3, -0.25) is 9.59 Å². The van der Waals surface area contributed by atoms with Crippen LogP contribution in [0, 0.1) is 11.3 Å². The molecule has 4 aromatic rings. The van der Waals surface area contributed by atoms with Crippen LogP contribution in [0.3, 0.4) is 0 Å². The molecule has 1 aromatic carbocycles. The number of amides is 4. The van der Waals surface area contributed by atoms with Crippen molar-refractivity contribution in [1.82, 2.24) is 40.1 Å². The second-order valence-electron chi connectivity index (χ2n) is 19.3. The summed E-state index contributed by atoms with van der Waals surface area (Å²) >= 11 is 1.45. The number of pyridine rings is 2. The van der Waals surface area contributed by atoms with Crippen LogP contribution < -0.4 is 30.7 Å². The van der Waals surface area contributed by atoms with Gasteiger partial charge in [-0.15, -0.1) is 11.3 Å². The van der Waals surface area contributed by atoms with Crippen LogP contribution in [0.25, 0.3) is 22.3 Å². The largest absolute Gasteiger partial charge is 0.497 e. The number of carboxylic acids is 1. The van der Waals surface area contributed by atoms with Crippen LogP contribution in [-0.4, -0.2) is 125 Å². The van der Waals surface area contributed by atoms with Crippen molar-refractivity contribution < 1.29 is 42.2 Å². The Kier molecular flexibility index (Phi) is 15.0. The molecule has 2 aliphatic heterocycles. The Morgan fingerprint density at radius 3 is 2.48 bits per heavy atom. The van der Waals surface area contributed by atoms with E-state index in [9.17, 15) is 32.7 Å². The van der Waals surface area contributed by atoms with E-state index in [4.69, 9.17) is 19.4 Å². The minimum absolute atomic E-state index is 0.0362. The van der Waals surface area contributed by atoms with E-state index in [2.05, 4.69) is 26.3 Å². The highest BCUT2D eigenvalue weighted by Crippen LogP contribution is 2.48. The van der Waals surface area contributed by atoms with Gasteiger partial charge in [0.05, 0.1) is 24.9 Å². The third kappa shape index (κ3) is 11.4. The highest BCUT2D eigenvalue weighted by Gasteiger charge is 2.62. The second-order valence-corrected chi connectivity index (χ2v) is 22.1. The van der Waals surface area contributed by atoms with Crippen LogP contribution in [-0.2, 0) is 24.4 Å². The molecule has 1 saturated carbocycles. The maximum atomic E-state index is 15.0. The van der Waals surface area contributed by atoms with E-state index < -0.39 is 69.0 Å². The van der Waals surface area contributed by atoms with Crippen molar-refractivity contribution >= 4 is 61.2 Å². The van der Waals surface area contributed by atoms with Crippen molar-refractivity contribution in [2.24, 2.45) is 11.3 Å². The molecule has 3 fully saturated rings. The number of nitrogens with zero attached hydrogens (tertiary/aromatic N) is 5. The second kappa shape index (κ2) is 20.3. The van der Waals surface area contributed by atoms with E-state index in [0.29, 0.717) is 53.1 Å². The van der Waals surface area contributed by atoms with Gasteiger partial charge in [0.25, 0.3) is 10.0 Å². The Balaban J connectivity index is 1.18. The van der Waals surface area contributed by atoms with E-state index in [1.807, 2.05) is 46.1 Å². The number of thiazole rings is 1. The molecule has 4 amide bonds. The van der Waals surface area contributed by atoms with Gasteiger partial charge < -0.3 is 40.7 Å². The first-order chi connectivity index (χ1) is 31.8. The number of sulfonamides is 1. The number of hydrogen-bond acceptors (Lipinski definition) is 13. The van der Waals surface area contributed by atoms with Gasteiger partial charge >= 0.3 is 12.0 Å². The van der Waals surface area contributed by atoms with Gasteiger partial charge in [-0.1, -0.05) is 58.9 Å². The lowest BCUT2D eigenvalue weighted by Gasteiger charge is -2.35. The third-order valence-corrected chi connectivity index (χ3v) is 15.4. The zero-order chi connectivity index (χ0) is 48.3. The summed E-state index contributed by atoms with van der Waals surface area (Å²) in [6.45, 7) is 9.54. The number of anilines is 1. The van der Waals surface area contributed by atoms with Crippen molar-refractivity contribution in [3.05, 3.63) is 54.0 Å². The number of aromatic nitrogens is 3. The van der Waals surface area contributed by atoms with E-state index >= 15 is 0 Å². The molecule has 18 nitrogen and oxygen atoms in total. The van der Waals surface area contributed by atoms with E-state index in [0.717, 1.165) is 35.1 Å². The Hall–Kier alpha value is -5.60. The van der Waals surface area contributed by atoms with Crippen molar-refractivity contribution in [3.8, 4) is 22.9 Å². The van der Waals surface area contributed by atoms with Crippen LogP contribution in [0.2, 0.25) is 0 Å². The predicted molar refractivity (Wildman–Crippen MR) is 254 cm³/mol. The van der Waals surface area contributed by atoms with E-state index in [1.54, 1.807) is 37.4 Å². The number of carbonyl (C=O) groups is 4. The van der Waals surface area contributed by atoms with E-state index in [-0.39, 0.29) is 42.9 Å². The number of fused-ring (bicyclic) bond motifs is 3. The maximum Gasteiger partial charge on any atom is 0.329 e. The Morgan fingerprint density at radius 2 is 1.79 bits per heavy atom. The number of likely N-dealkylation sites (N-methyl/N-ethyl adjacent to an activating group) is 1. The minimum atomic E-state index is -4.00. The molecule has 5 heterocycles. The number of carbonyl (C=O) groups excluding carboxylic acids is 3. The van der Waals surface area contributed by atoms with Crippen LogP contribution in [0.4, 0.5) is 9.93 Å². The lowest BCUT2D eigenvalue weighted by atomic mass is 9.87. The summed E-state index contributed by atoms with van der Waals surface area (Å²) in [5, 5.41) is 25.6. The predicted octanol–water partition coefficient (Wildman–Crippen LogP) is 6.04. The zero-order valence-electron chi connectivity index (χ0n) is 39.2. The molecule has 3 aromatic heterocycles. The SMILES string of the molecule is COc1ccc2c(O[C@@H]3C[C@H]4C(=O)N[C@]5(C(=O)O)CC5CCCCCCC[C@H](NC(=O)NC(CN(C)S(=O)(=O)c5ccccn5)C(C)(C)C)C(=O)N4C3)cc(-c3csc(NC(C)C)n3)nc2c1. The first kappa shape index (κ1) is 49.3. The molecular weight excluding hydrogens is 899 g/mol. The number of carboxylic acid groups (broad SMARTS) is 1.